The molecule has 0 saturated heterocycles. The number of nitrogens with zero attached hydrogens (tertiary/aromatic N) is 1. The van der Waals surface area contributed by atoms with Gasteiger partial charge in [-0.05, 0) is 13.8 Å². The lowest BCUT2D eigenvalue weighted by Gasteiger charge is -2.08. The molecule has 0 bridgehead atoms. The molecular weight excluding hydrogens is 181 g/mol. The molecule has 0 saturated carbocycles. The molecule has 0 fully saturated rings. The van der Waals surface area contributed by atoms with E-state index in [0.717, 1.165) is 11.3 Å². The van der Waals surface area contributed by atoms with E-state index in [1.54, 1.807) is 0 Å². The Hall–Kier alpha value is -0.970. The highest BCUT2D eigenvalue weighted by Crippen LogP contribution is 2.29. The monoisotopic (exact) mass is 189 g/mol. The molecule has 66 valence electrons. The molecule has 0 aromatic carbocycles. The molecule has 0 aliphatic carbocycles. The quantitative estimate of drug-likeness (QED) is 0.774. The van der Waals surface area contributed by atoms with Gasteiger partial charge in [0.25, 0.3) is 0 Å². The SMILES string of the molecule is CC(C)(F)c1cnc(C(=O)O)s1. The van der Waals surface area contributed by atoms with Gasteiger partial charge in [0.15, 0.2) is 0 Å². The highest BCUT2D eigenvalue weighted by atomic mass is 32.1. The first-order chi connectivity index (χ1) is 5.41. The Balaban J connectivity index is 3.00. The van der Waals surface area contributed by atoms with Gasteiger partial charge in [0.2, 0.25) is 5.01 Å². The van der Waals surface area contributed by atoms with E-state index < -0.39 is 11.6 Å². The zero-order chi connectivity index (χ0) is 9.35. The summed E-state index contributed by atoms with van der Waals surface area (Å²) >= 11 is 0.862. The molecular formula is C7H8FNO2S. The van der Waals surface area contributed by atoms with Crippen LogP contribution in [0.5, 0.6) is 0 Å². The van der Waals surface area contributed by atoms with E-state index in [9.17, 15) is 9.18 Å². The van der Waals surface area contributed by atoms with Crippen molar-refractivity contribution < 1.29 is 14.3 Å². The van der Waals surface area contributed by atoms with Crippen molar-refractivity contribution in [2.75, 3.05) is 0 Å². The average molecular weight is 189 g/mol. The first-order valence-corrected chi connectivity index (χ1v) is 4.11. The Morgan fingerprint density at radius 1 is 1.75 bits per heavy atom. The third-order valence-electron chi connectivity index (χ3n) is 1.27. The lowest BCUT2D eigenvalue weighted by atomic mass is 10.1. The highest BCUT2D eigenvalue weighted by Gasteiger charge is 2.23. The number of carboxylic acid groups (broad SMARTS) is 1. The van der Waals surface area contributed by atoms with E-state index >= 15 is 0 Å². The molecule has 0 amide bonds. The van der Waals surface area contributed by atoms with E-state index in [2.05, 4.69) is 4.98 Å². The minimum Gasteiger partial charge on any atom is -0.476 e. The van der Waals surface area contributed by atoms with Crippen LogP contribution in [0.4, 0.5) is 4.39 Å². The third-order valence-corrected chi connectivity index (χ3v) is 2.56. The molecule has 1 rings (SSSR count). The predicted molar refractivity (Wildman–Crippen MR) is 43.2 cm³/mol. The maximum absolute atomic E-state index is 13.2. The van der Waals surface area contributed by atoms with Crippen LogP contribution in [-0.2, 0) is 5.67 Å². The summed E-state index contributed by atoms with van der Waals surface area (Å²) in [5, 5.41) is 8.42. The number of alkyl halides is 1. The number of carboxylic acids is 1. The Morgan fingerprint density at radius 3 is 2.58 bits per heavy atom. The molecule has 0 spiro atoms. The summed E-state index contributed by atoms with van der Waals surface area (Å²) in [5.74, 6) is -1.12. The first kappa shape index (κ1) is 9.12. The first-order valence-electron chi connectivity index (χ1n) is 3.30. The van der Waals surface area contributed by atoms with E-state index in [4.69, 9.17) is 5.11 Å². The number of halogens is 1. The lowest BCUT2D eigenvalue weighted by Crippen LogP contribution is -2.05. The van der Waals surface area contributed by atoms with Crippen LogP contribution in [0.2, 0.25) is 0 Å². The Labute approximate surface area is 72.9 Å². The van der Waals surface area contributed by atoms with Crippen LogP contribution in [0.25, 0.3) is 0 Å². The summed E-state index contributed by atoms with van der Waals surface area (Å²) in [6.07, 6.45) is 1.26. The van der Waals surface area contributed by atoms with Gasteiger partial charge < -0.3 is 5.11 Å². The molecule has 0 aliphatic heterocycles. The lowest BCUT2D eigenvalue weighted by molar-refractivity contribution is 0.0696. The van der Waals surface area contributed by atoms with Gasteiger partial charge in [-0.25, -0.2) is 14.2 Å². The summed E-state index contributed by atoms with van der Waals surface area (Å²) in [6, 6.07) is 0. The normalized spacial score (nSPS) is 11.6. The van der Waals surface area contributed by atoms with Gasteiger partial charge in [-0.1, -0.05) is 0 Å². The highest BCUT2D eigenvalue weighted by molar-refractivity contribution is 7.13. The predicted octanol–water partition coefficient (Wildman–Crippen LogP) is 2.05. The van der Waals surface area contributed by atoms with E-state index in [1.807, 2.05) is 0 Å². The van der Waals surface area contributed by atoms with Crippen molar-refractivity contribution in [2.45, 2.75) is 19.5 Å². The number of thiazole rings is 1. The summed E-state index contributed by atoms with van der Waals surface area (Å²) in [6.45, 7) is 2.73. The molecule has 3 nitrogen and oxygen atoms in total. The van der Waals surface area contributed by atoms with Crippen molar-refractivity contribution in [3.63, 3.8) is 0 Å². The van der Waals surface area contributed by atoms with Crippen molar-refractivity contribution in [1.29, 1.82) is 0 Å². The number of aromatic carboxylic acids is 1. The summed E-state index contributed by atoms with van der Waals surface area (Å²) in [7, 11) is 0. The molecule has 0 unspecified atom stereocenters. The van der Waals surface area contributed by atoms with Crippen LogP contribution in [-0.4, -0.2) is 16.1 Å². The number of hydrogen-bond donors (Lipinski definition) is 1. The summed E-state index contributed by atoms with van der Waals surface area (Å²) < 4.78 is 13.2. The zero-order valence-corrected chi connectivity index (χ0v) is 7.48. The second-order valence-electron chi connectivity index (χ2n) is 2.81. The Morgan fingerprint density at radius 2 is 2.33 bits per heavy atom. The van der Waals surface area contributed by atoms with Crippen molar-refractivity contribution in [1.82, 2.24) is 4.98 Å². The van der Waals surface area contributed by atoms with Crippen molar-refractivity contribution in [3.8, 4) is 0 Å². The third kappa shape index (κ3) is 1.79. The fraction of sp³-hybridized carbons (Fsp3) is 0.429. The number of hydrogen-bond acceptors (Lipinski definition) is 3. The average Bonchev–Trinajstić information content (AvgIpc) is 2.30. The van der Waals surface area contributed by atoms with Crippen LogP contribution in [0, 0.1) is 0 Å². The maximum Gasteiger partial charge on any atom is 0.365 e. The topological polar surface area (TPSA) is 50.2 Å². The Kier molecular flexibility index (Phi) is 2.14. The van der Waals surface area contributed by atoms with Gasteiger partial charge >= 0.3 is 5.97 Å². The number of aromatic nitrogens is 1. The van der Waals surface area contributed by atoms with Crippen molar-refractivity contribution >= 4 is 17.3 Å². The van der Waals surface area contributed by atoms with Crippen LogP contribution >= 0.6 is 11.3 Å². The second kappa shape index (κ2) is 2.82. The van der Waals surface area contributed by atoms with E-state index in [1.165, 1.54) is 20.0 Å². The van der Waals surface area contributed by atoms with Gasteiger partial charge in [-0.2, -0.15) is 0 Å². The molecule has 12 heavy (non-hydrogen) atoms. The molecule has 0 radical (unpaired) electrons. The van der Waals surface area contributed by atoms with Crippen molar-refractivity contribution in [2.24, 2.45) is 0 Å². The maximum atomic E-state index is 13.2. The summed E-state index contributed by atoms with van der Waals surface area (Å²) in [5.41, 5.74) is -1.51. The van der Waals surface area contributed by atoms with Crippen LogP contribution in [0.3, 0.4) is 0 Å². The minimum absolute atomic E-state index is 0.0734. The Bertz CT molecular complexity index is 303. The molecule has 1 aromatic heterocycles. The van der Waals surface area contributed by atoms with Gasteiger partial charge in [0.1, 0.15) is 5.67 Å². The van der Waals surface area contributed by atoms with E-state index in [-0.39, 0.29) is 5.01 Å². The van der Waals surface area contributed by atoms with Crippen molar-refractivity contribution in [3.05, 3.63) is 16.1 Å². The number of rotatable bonds is 2. The van der Waals surface area contributed by atoms with E-state index in [0.29, 0.717) is 4.88 Å². The second-order valence-corrected chi connectivity index (χ2v) is 3.84. The molecule has 1 heterocycles. The molecule has 0 aliphatic rings. The fourth-order valence-electron chi connectivity index (χ4n) is 0.648. The molecule has 1 N–H and O–H groups in total. The summed E-state index contributed by atoms with van der Waals surface area (Å²) in [4.78, 5) is 14.3. The smallest absolute Gasteiger partial charge is 0.365 e. The zero-order valence-electron chi connectivity index (χ0n) is 6.67. The van der Waals surface area contributed by atoms with Gasteiger partial charge in [-0.3, -0.25) is 0 Å². The molecule has 1 aromatic rings. The standard InChI is InChI=1S/C7H8FNO2S/c1-7(2,8)4-3-9-5(12-4)6(10)11/h3H,1-2H3,(H,10,11). The minimum atomic E-state index is -1.51. The number of carbonyl (C=O) groups is 1. The molecule has 0 atom stereocenters. The molecule has 5 heteroatoms. The van der Waals surface area contributed by atoms with Crippen LogP contribution in [0.1, 0.15) is 28.5 Å². The largest absolute Gasteiger partial charge is 0.476 e. The van der Waals surface area contributed by atoms with Crippen LogP contribution < -0.4 is 0 Å². The van der Waals surface area contributed by atoms with Crippen LogP contribution in [0.15, 0.2) is 6.20 Å². The van der Waals surface area contributed by atoms with Gasteiger partial charge in [-0.15, -0.1) is 11.3 Å². The van der Waals surface area contributed by atoms with Gasteiger partial charge in [0.05, 0.1) is 4.88 Å². The fourth-order valence-corrected chi connectivity index (χ4v) is 1.40. The van der Waals surface area contributed by atoms with Gasteiger partial charge in [0, 0.05) is 6.20 Å².